The molecular weight excluding hydrogens is 198 g/mol. The summed E-state index contributed by atoms with van der Waals surface area (Å²) in [6.07, 6.45) is -0.223. The van der Waals surface area contributed by atoms with Crippen molar-refractivity contribution in [2.24, 2.45) is 0 Å². The fourth-order valence-corrected chi connectivity index (χ4v) is 1.20. The molecule has 0 atom stereocenters. The van der Waals surface area contributed by atoms with Crippen LogP contribution in [0.15, 0.2) is 12.1 Å². The lowest BCUT2D eigenvalue weighted by atomic mass is 10.1. The Bertz CT molecular complexity index is 497. The Morgan fingerprint density at radius 2 is 2.13 bits per heavy atom. The molecule has 0 heterocycles. The quantitative estimate of drug-likeness (QED) is 0.574. The van der Waals surface area contributed by atoms with Crippen molar-refractivity contribution in [2.75, 3.05) is 0 Å². The molecule has 0 unspecified atom stereocenters. The van der Waals surface area contributed by atoms with Crippen LogP contribution >= 0.6 is 0 Å². The van der Waals surface area contributed by atoms with Crippen LogP contribution in [0.5, 0.6) is 5.75 Å². The average molecular weight is 203 g/mol. The van der Waals surface area contributed by atoms with Crippen molar-refractivity contribution in [1.29, 1.82) is 10.5 Å². The number of hydrogen-bond acceptors (Lipinski definition) is 5. The number of hydrogen-bond donors (Lipinski definition) is 1. The third-order valence-electron chi connectivity index (χ3n) is 1.75. The summed E-state index contributed by atoms with van der Waals surface area (Å²) < 4.78 is 0. The fraction of sp³-hybridized carbons (Fsp3) is 0.111. The van der Waals surface area contributed by atoms with Gasteiger partial charge in [0.2, 0.25) is 0 Å². The molecule has 0 saturated carbocycles. The molecule has 1 aromatic rings. The van der Waals surface area contributed by atoms with E-state index in [9.17, 15) is 15.2 Å². The van der Waals surface area contributed by atoms with E-state index in [1.807, 2.05) is 0 Å². The summed E-state index contributed by atoms with van der Waals surface area (Å²) in [5.41, 5.74) is -0.624. The monoisotopic (exact) mass is 203 g/mol. The van der Waals surface area contributed by atoms with Crippen LogP contribution in [0.2, 0.25) is 0 Å². The number of nitro groups is 1. The predicted molar refractivity (Wildman–Crippen MR) is 48.8 cm³/mol. The van der Waals surface area contributed by atoms with E-state index in [0.717, 1.165) is 12.1 Å². The molecule has 0 amide bonds. The van der Waals surface area contributed by atoms with Crippen molar-refractivity contribution in [1.82, 2.24) is 0 Å². The molecule has 0 aromatic heterocycles. The van der Waals surface area contributed by atoms with E-state index in [4.69, 9.17) is 10.5 Å². The van der Waals surface area contributed by atoms with Gasteiger partial charge in [-0.1, -0.05) is 0 Å². The molecular formula is C9H5N3O3. The maximum atomic E-state index is 10.7. The highest BCUT2D eigenvalue weighted by molar-refractivity contribution is 5.58. The number of nitro benzene ring substituents is 1. The number of nitriles is 2. The molecule has 0 bridgehead atoms. The lowest BCUT2D eigenvalue weighted by Gasteiger charge is -2.01. The maximum absolute atomic E-state index is 10.7. The number of aromatic hydroxyl groups is 1. The summed E-state index contributed by atoms with van der Waals surface area (Å²) in [6.45, 7) is 0. The molecule has 74 valence electrons. The van der Waals surface area contributed by atoms with Gasteiger partial charge < -0.3 is 5.11 Å². The molecule has 0 aliphatic heterocycles. The van der Waals surface area contributed by atoms with Crippen LogP contribution in [0, 0.1) is 32.8 Å². The molecule has 15 heavy (non-hydrogen) atoms. The second kappa shape index (κ2) is 4.07. The van der Waals surface area contributed by atoms with Crippen molar-refractivity contribution in [2.45, 2.75) is 6.42 Å². The summed E-state index contributed by atoms with van der Waals surface area (Å²) in [5.74, 6) is -0.262. The van der Waals surface area contributed by atoms with Crippen LogP contribution in [0.25, 0.3) is 0 Å². The molecule has 6 nitrogen and oxygen atoms in total. The average Bonchev–Trinajstić information content (AvgIpc) is 2.16. The van der Waals surface area contributed by atoms with Crippen LogP contribution in [-0.2, 0) is 6.42 Å². The van der Waals surface area contributed by atoms with Crippen LogP contribution in [0.1, 0.15) is 11.1 Å². The van der Waals surface area contributed by atoms with E-state index in [-0.39, 0.29) is 23.3 Å². The van der Waals surface area contributed by atoms with Gasteiger partial charge in [0, 0.05) is 11.6 Å². The highest BCUT2D eigenvalue weighted by atomic mass is 16.6. The number of phenolic OH excluding ortho intramolecular Hbond substituents is 1. The third kappa shape index (κ3) is 2.01. The van der Waals surface area contributed by atoms with Crippen LogP contribution in [0.3, 0.4) is 0 Å². The first-order chi connectivity index (χ1) is 7.10. The molecule has 0 saturated heterocycles. The van der Waals surface area contributed by atoms with E-state index in [1.54, 1.807) is 12.1 Å². The Morgan fingerprint density at radius 3 is 2.60 bits per heavy atom. The molecule has 1 rings (SSSR count). The third-order valence-corrected chi connectivity index (χ3v) is 1.75. The number of rotatable bonds is 2. The van der Waals surface area contributed by atoms with Crippen LogP contribution in [-0.4, -0.2) is 10.0 Å². The van der Waals surface area contributed by atoms with E-state index < -0.39 is 10.6 Å². The lowest BCUT2D eigenvalue weighted by Crippen LogP contribution is -1.98. The molecule has 0 radical (unpaired) electrons. The predicted octanol–water partition coefficient (Wildman–Crippen LogP) is 1.24. The smallest absolute Gasteiger partial charge is 0.291 e. The Hall–Kier alpha value is -2.60. The topological polar surface area (TPSA) is 111 Å². The first-order valence-corrected chi connectivity index (χ1v) is 3.87. The molecule has 6 heteroatoms. The molecule has 0 fully saturated rings. The summed E-state index contributed by atoms with van der Waals surface area (Å²) in [6, 6.07) is 5.45. The van der Waals surface area contributed by atoms with Crippen LogP contribution < -0.4 is 0 Å². The van der Waals surface area contributed by atoms with Gasteiger partial charge in [0.15, 0.2) is 0 Å². The SMILES string of the molecule is N#CCc1cc(O)cc(C#N)c1[N+](=O)[O-]. The van der Waals surface area contributed by atoms with E-state index in [1.165, 1.54) is 0 Å². The molecule has 0 aliphatic carbocycles. The Labute approximate surface area is 84.8 Å². The van der Waals surface area contributed by atoms with Gasteiger partial charge in [0.1, 0.15) is 17.4 Å². The standard InChI is InChI=1S/C9H5N3O3/c10-2-1-6-3-8(13)4-7(5-11)9(6)12(14)15/h3-4,13H,1H2. The number of phenols is 1. The first-order valence-electron chi connectivity index (χ1n) is 3.87. The highest BCUT2D eigenvalue weighted by Gasteiger charge is 2.20. The second-order valence-electron chi connectivity index (χ2n) is 2.70. The molecule has 0 spiro atoms. The highest BCUT2D eigenvalue weighted by Crippen LogP contribution is 2.28. The van der Waals surface area contributed by atoms with E-state index in [2.05, 4.69) is 0 Å². The second-order valence-corrected chi connectivity index (χ2v) is 2.70. The van der Waals surface area contributed by atoms with Gasteiger partial charge in [-0.25, -0.2) is 0 Å². The minimum Gasteiger partial charge on any atom is -0.508 e. The van der Waals surface area contributed by atoms with Gasteiger partial charge in [-0.15, -0.1) is 0 Å². The van der Waals surface area contributed by atoms with Gasteiger partial charge in [-0.3, -0.25) is 10.1 Å². The van der Waals surface area contributed by atoms with Crippen molar-refractivity contribution in [3.8, 4) is 17.9 Å². The van der Waals surface area contributed by atoms with Crippen molar-refractivity contribution in [3.05, 3.63) is 33.4 Å². The van der Waals surface area contributed by atoms with E-state index in [0.29, 0.717) is 0 Å². The van der Waals surface area contributed by atoms with Crippen molar-refractivity contribution >= 4 is 5.69 Å². The molecule has 1 aromatic carbocycles. The van der Waals surface area contributed by atoms with Gasteiger partial charge in [-0.05, 0) is 6.07 Å². The van der Waals surface area contributed by atoms with Crippen molar-refractivity contribution < 1.29 is 10.0 Å². The molecule has 1 N–H and O–H groups in total. The van der Waals surface area contributed by atoms with Gasteiger partial charge in [0.25, 0.3) is 5.69 Å². The lowest BCUT2D eigenvalue weighted by molar-refractivity contribution is -0.385. The zero-order valence-corrected chi connectivity index (χ0v) is 7.47. The van der Waals surface area contributed by atoms with Gasteiger partial charge in [0.05, 0.1) is 17.4 Å². The minimum atomic E-state index is -0.731. The normalized spacial score (nSPS) is 8.93. The number of nitrogens with zero attached hydrogens (tertiary/aromatic N) is 3. The van der Waals surface area contributed by atoms with E-state index >= 15 is 0 Å². The van der Waals surface area contributed by atoms with Crippen molar-refractivity contribution in [3.63, 3.8) is 0 Å². The zero-order valence-electron chi connectivity index (χ0n) is 7.47. The number of benzene rings is 1. The largest absolute Gasteiger partial charge is 0.508 e. The Morgan fingerprint density at radius 1 is 1.47 bits per heavy atom. The van der Waals surface area contributed by atoms with Gasteiger partial charge >= 0.3 is 0 Å². The maximum Gasteiger partial charge on any atom is 0.291 e. The summed E-state index contributed by atoms with van der Waals surface area (Å²) in [7, 11) is 0. The van der Waals surface area contributed by atoms with Crippen LogP contribution in [0.4, 0.5) is 5.69 Å². The van der Waals surface area contributed by atoms with Gasteiger partial charge in [-0.2, -0.15) is 10.5 Å². The minimum absolute atomic E-state index is 0.0408. The molecule has 0 aliphatic rings. The summed E-state index contributed by atoms with van der Waals surface area (Å²) >= 11 is 0. The first kappa shape index (κ1) is 10.5. The zero-order chi connectivity index (χ0) is 11.4. The Kier molecular flexibility index (Phi) is 2.85. The Balaban J connectivity index is 3.50. The summed E-state index contributed by atoms with van der Waals surface area (Å²) in [5, 5.41) is 36.9. The fourth-order valence-electron chi connectivity index (χ4n) is 1.20. The summed E-state index contributed by atoms with van der Waals surface area (Å²) in [4.78, 5) is 9.92.